The number of aryl methyl sites for hydroxylation is 1. The molecule has 2 atom stereocenters. The van der Waals surface area contributed by atoms with Crippen molar-refractivity contribution < 1.29 is 9.53 Å². The molecule has 6 heteroatoms. The monoisotopic (exact) mass is 396 g/mol. The average molecular weight is 397 g/mol. The topological polar surface area (TPSA) is 50.4 Å². The van der Waals surface area contributed by atoms with Crippen LogP contribution >= 0.6 is 24.0 Å². The summed E-state index contributed by atoms with van der Waals surface area (Å²) >= 11 is 6.42. The summed E-state index contributed by atoms with van der Waals surface area (Å²) in [5.74, 6) is 0.622. The molecule has 0 aromatic heterocycles. The van der Waals surface area contributed by atoms with E-state index in [0.717, 1.165) is 22.4 Å². The Morgan fingerprint density at radius 2 is 1.88 bits per heavy atom. The van der Waals surface area contributed by atoms with Gasteiger partial charge < -0.3 is 15.4 Å². The zero-order chi connectivity index (χ0) is 18.4. The zero-order valence-electron chi connectivity index (χ0n) is 15.5. The first-order chi connectivity index (χ1) is 12.0. The number of rotatable bonds is 7. The van der Waals surface area contributed by atoms with E-state index in [9.17, 15) is 4.79 Å². The number of ether oxygens (including phenoxy) is 1. The van der Waals surface area contributed by atoms with Gasteiger partial charge in [-0.25, -0.2) is 0 Å². The van der Waals surface area contributed by atoms with Gasteiger partial charge in [0.2, 0.25) is 5.91 Å². The highest BCUT2D eigenvalue weighted by molar-refractivity contribution is 6.31. The number of halogens is 2. The van der Waals surface area contributed by atoms with Gasteiger partial charge in [-0.15, -0.1) is 12.4 Å². The molecule has 0 spiro atoms. The van der Waals surface area contributed by atoms with Crippen molar-refractivity contribution in [2.45, 2.75) is 19.9 Å². The summed E-state index contributed by atoms with van der Waals surface area (Å²) in [6.45, 7) is 4.52. The summed E-state index contributed by atoms with van der Waals surface area (Å²) in [5, 5.41) is 6.81. The van der Waals surface area contributed by atoms with E-state index in [1.54, 1.807) is 7.11 Å². The Labute approximate surface area is 166 Å². The van der Waals surface area contributed by atoms with Gasteiger partial charge in [0.15, 0.2) is 0 Å². The van der Waals surface area contributed by atoms with E-state index in [1.165, 1.54) is 0 Å². The maximum Gasteiger partial charge on any atom is 0.224 e. The third-order valence-electron chi connectivity index (χ3n) is 4.25. The molecule has 0 aliphatic rings. The van der Waals surface area contributed by atoms with Gasteiger partial charge in [-0.2, -0.15) is 0 Å². The van der Waals surface area contributed by atoms with E-state index in [4.69, 9.17) is 16.3 Å². The van der Waals surface area contributed by atoms with Crippen LogP contribution in [0.25, 0.3) is 0 Å². The number of hydrogen-bond acceptors (Lipinski definition) is 3. The van der Waals surface area contributed by atoms with Crippen molar-refractivity contribution in [3.05, 3.63) is 64.2 Å². The molecule has 26 heavy (non-hydrogen) atoms. The molecular formula is C20H26Cl2N2O2. The Kier molecular flexibility index (Phi) is 8.93. The van der Waals surface area contributed by atoms with Crippen molar-refractivity contribution in [3.8, 4) is 5.75 Å². The molecular weight excluding hydrogens is 371 g/mol. The van der Waals surface area contributed by atoms with Crippen LogP contribution in [0.15, 0.2) is 42.5 Å². The quantitative estimate of drug-likeness (QED) is 0.739. The highest BCUT2D eigenvalue weighted by atomic mass is 35.5. The number of carbonyl (C=O) groups excluding carboxylic acids is 1. The molecule has 2 aromatic rings. The second-order valence-electron chi connectivity index (χ2n) is 6.14. The van der Waals surface area contributed by atoms with E-state index in [2.05, 4.69) is 10.6 Å². The van der Waals surface area contributed by atoms with Crippen LogP contribution in [0.2, 0.25) is 5.02 Å². The first-order valence-electron chi connectivity index (χ1n) is 8.31. The lowest BCUT2D eigenvalue weighted by atomic mass is 9.94. The summed E-state index contributed by atoms with van der Waals surface area (Å²) in [6.07, 6.45) is 0. The van der Waals surface area contributed by atoms with Gasteiger partial charge in [-0.1, -0.05) is 42.8 Å². The van der Waals surface area contributed by atoms with Crippen LogP contribution in [-0.4, -0.2) is 26.6 Å². The van der Waals surface area contributed by atoms with Gasteiger partial charge in [-0.3, -0.25) is 4.79 Å². The number of carbonyl (C=O) groups is 1. The van der Waals surface area contributed by atoms with Gasteiger partial charge >= 0.3 is 0 Å². The van der Waals surface area contributed by atoms with Crippen molar-refractivity contribution in [3.63, 3.8) is 0 Å². The second kappa shape index (κ2) is 10.4. The van der Waals surface area contributed by atoms with E-state index in [0.29, 0.717) is 11.6 Å². The molecule has 2 aromatic carbocycles. The fraction of sp³-hybridized carbons (Fsp3) is 0.350. The van der Waals surface area contributed by atoms with Crippen LogP contribution in [-0.2, 0) is 4.79 Å². The normalized spacial score (nSPS) is 12.7. The van der Waals surface area contributed by atoms with Gasteiger partial charge in [0, 0.05) is 17.5 Å². The van der Waals surface area contributed by atoms with E-state index in [1.807, 2.05) is 63.4 Å². The lowest BCUT2D eigenvalue weighted by molar-refractivity contribution is -0.124. The third kappa shape index (κ3) is 5.37. The highest BCUT2D eigenvalue weighted by Crippen LogP contribution is 2.31. The molecule has 1 amide bonds. The smallest absolute Gasteiger partial charge is 0.224 e. The van der Waals surface area contributed by atoms with Crippen molar-refractivity contribution in [1.29, 1.82) is 0 Å². The van der Waals surface area contributed by atoms with Gasteiger partial charge in [0.05, 0.1) is 13.2 Å². The summed E-state index contributed by atoms with van der Waals surface area (Å²) in [6, 6.07) is 13.1. The number of amides is 1. The van der Waals surface area contributed by atoms with Crippen molar-refractivity contribution in [2.24, 2.45) is 5.92 Å². The SMILES string of the molecule is CNCC(C)C(=O)NC(c1ccc(OC)cc1C)c1ccccc1Cl.Cl. The minimum Gasteiger partial charge on any atom is -0.497 e. The number of benzene rings is 2. The van der Waals surface area contributed by atoms with Crippen molar-refractivity contribution >= 4 is 29.9 Å². The van der Waals surface area contributed by atoms with E-state index in [-0.39, 0.29) is 30.3 Å². The van der Waals surface area contributed by atoms with E-state index < -0.39 is 0 Å². The number of methoxy groups -OCH3 is 1. The zero-order valence-corrected chi connectivity index (χ0v) is 17.1. The molecule has 142 valence electrons. The largest absolute Gasteiger partial charge is 0.497 e. The second-order valence-corrected chi connectivity index (χ2v) is 6.55. The first-order valence-corrected chi connectivity index (χ1v) is 8.69. The molecule has 2 N–H and O–H groups in total. The van der Waals surface area contributed by atoms with Gasteiger partial charge in [0.1, 0.15) is 5.75 Å². The molecule has 0 fully saturated rings. The molecule has 0 heterocycles. The summed E-state index contributed by atoms with van der Waals surface area (Å²) in [4.78, 5) is 12.6. The third-order valence-corrected chi connectivity index (χ3v) is 4.59. The Morgan fingerprint density at radius 3 is 2.46 bits per heavy atom. The Morgan fingerprint density at radius 1 is 1.19 bits per heavy atom. The van der Waals surface area contributed by atoms with E-state index >= 15 is 0 Å². The lowest BCUT2D eigenvalue weighted by Gasteiger charge is -2.24. The van der Waals surface area contributed by atoms with Crippen LogP contribution in [0.3, 0.4) is 0 Å². The van der Waals surface area contributed by atoms with Gasteiger partial charge in [-0.05, 0) is 48.9 Å². The average Bonchev–Trinajstić information content (AvgIpc) is 2.60. The molecule has 0 aliphatic heterocycles. The molecule has 0 radical (unpaired) electrons. The molecule has 2 unspecified atom stereocenters. The fourth-order valence-corrected chi connectivity index (χ4v) is 3.06. The van der Waals surface area contributed by atoms with Crippen LogP contribution in [0.5, 0.6) is 5.75 Å². The Balaban J connectivity index is 0.00000338. The Bertz CT molecular complexity index is 738. The lowest BCUT2D eigenvalue weighted by Crippen LogP contribution is -2.37. The molecule has 0 aliphatic carbocycles. The Hall–Kier alpha value is -1.75. The molecule has 0 bridgehead atoms. The number of nitrogens with one attached hydrogen (secondary N) is 2. The standard InChI is InChI=1S/C20H25ClN2O2.ClH/c1-13-11-15(25-4)9-10-16(13)19(17-7-5-6-8-18(17)21)23-20(24)14(2)12-22-3;/h5-11,14,19,22H,12H2,1-4H3,(H,23,24);1H. The molecule has 2 rings (SSSR count). The summed E-state index contributed by atoms with van der Waals surface area (Å²) in [7, 11) is 3.48. The van der Waals surface area contributed by atoms with Crippen LogP contribution in [0, 0.1) is 12.8 Å². The summed E-state index contributed by atoms with van der Waals surface area (Å²) in [5.41, 5.74) is 2.91. The maximum atomic E-state index is 12.6. The molecule has 4 nitrogen and oxygen atoms in total. The molecule has 0 saturated heterocycles. The van der Waals surface area contributed by atoms with Crippen LogP contribution in [0.4, 0.5) is 0 Å². The predicted molar refractivity (Wildman–Crippen MR) is 110 cm³/mol. The minimum absolute atomic E-state index is 0. The van der Waals surface area contributed by atoms with Crippen molar-refractivity contribution in [2.75, 3.05) is 20.7 Å². The number of hydrogen-bond donors (Lipinski definition) is 2. The van der Waals surface area contributed by atoms with Crippen LogP contribution < -0.4 is 15.4 Å². The fourth-order valence-electron chi connectivity index (χ4n) is 2.81. The van der Waals surface area contributed by atoms with Gasteiger partial charge in [0.25, 0.3) is 0 Å². The maximum absolute atomic E-state index is 12.6. The summed E-state index contributed by atoms with van der Waals surface area (Å²) < 4.78 is 5.29. The first kappa shape index (κ1) is 22.3. The predicted octanol–water partition coefficient (Wildman–Crippen LogP) is 4.14. The highest BCUT2D eigenvalue weighted by Gasteiger charge is 2.23. The van der Waals surface area contributed by atoms with Crippen molar-refractivity contribution in [1.82, 2.24) is 10.6 Å². The minimum atomic E-state index is -0.314. The molecule has 0 saturated carbocycles. The van der Waals surface area contributed by atoms with Crippen LogP contribution in [0.1, 0.15) is 29.7 Å².